The van der Waals surface area contributed by atoms with Gasteiger partial charge in [-0.15, -0.1) is 0 Å². The monoisotopic (exact) mass is 278 g/mol. The average molecular weight is 278 g/mol. The molecule has 1 heterocycles. The molecule has 1 N–H and O–H groups in total. The zero-order chi connectivity index (χ0) is 14.0. The molecule has 0 aliphatic carbocycles. The standard InChI is InChI=1S/C11H22N2O4S/c1-11(2,3)9(10(14)17-4)12-18(15,16)13-7-5-6-8-13/h9,12H,5-8H2,1-4H3. The number of nitrogens with zero attached hydrogens (tertiary/aromatic N) is 1. The quantitative estimate of drug-likeness (QED) is 0.760. The van der Waals surface area contributed by atoms with Crippen LogP contribution in [-0.2, 0) is 19.7 Å². The van der Waals surface area contributed by atoms with Crippen molar-refractivity contribution in [3.63, 3.8) is 0 Å². The summed E-state index contributed by atoms with van der Waals surface area (Å²) in [6.07, 6.45) is 1.72. The minimum Gasteiger partial charge on any atom is -0.468 e. The van der Waals surface area contributed by atoms with E-state index in [1.807, 2.05) is 0 Å². The van der Waals surface area contributed by atoms with Crippen LogP contribution in [0.15, 0.2) is 0 Å². The zero-order valence-corrected chi connectivity index (χ0v) is 12.2. The third-order valence-corrected chi connectivity index (χ3v) is 4.55. The van der Waals surface area contributed by atoms with E-state index in [-0.39, 0.29) is 0 Å². The van der Waals surface area contributed by atoms with Crippen LogP contribution in [0.5, 0.6) is 0 Å². The Morgan fingerprint density at radius 3 is 2.17 bits per heavy atom. The summed E-state index contributed by atoms with van der Waals surface area (Å²) in [6, 6.07) is -0.881. The van der Waals surface area contributed by atoms with Gasteiger partial charge in [0.1, 0.15) is 6.04 Å². The molecule has 1 fully saturated rings. The normalized spacial score (nSPS) is 19.8. The van der Waals surface area contributed by atoms with Gasteiger partial charge in [-0.05, 0) is 18.3 Å². The van der Waals surface area contributed by atoms with Crippen LogP contribution in [0.1, 0.15) is 33.6 Å². The molecule has 1 aliphatic rings. The molecule has 0 aromatic carbocycles. The summed E-state index contributed by atoms with van der Waals surface area (Å²) < 4.78 is 32.7. The van der Waals surface area contributed by atoms with Crippen LogP contribution in [0, 0.1) is 5.41 Å². The first-order chi connectivity index (χ1) is 8.18. The molecule has 1 atom stereocenters. The van der Waals surface area contributed by atoms with Crippen LogP contribution in [0.25, 0.3) is 0 Å². The fourth-order valence-corrected chi connectivity index (χ4v) is 3.48. The second-order valence-corrected chi connectivity index (χ2v) is 7.25. The molecule has 0 amide bonds. The van der Waals surface area contributed by atoms with Crippen LogP contribution >= 0.6 is 0 Å². The number of hydrogen-bond donors (Lipinski definition) is 1. The van der Waals surface area contributed by atoms with E-state index < -0.39 is 27.6 Å². The Morgan fingerprint density at radius 2 is 1.78 bits per heavy atom. The molecular formula is C11H22N2O4S. The summed E-state index contributed by atoms with van der Waals surface area (Å²) in [7, 11) is -2.36. The number of methoxy groups -OCH3 is 1. The smallest absolute Gasteiger partial charge is 0.324 e. The predicted molar refractivity (Wildman–Crippen MR) is 68.1 cm³/mol. The molecule has 1 rings (SSSR count). The highest BCUT2D eigenvalue weighted by Gasteiger charge is 2.38. The molecule has 1 unspecified atom stereocenters. The number of esters is 1. The van der Waals surface area contributed by atoms with Crippen molar-refractivity contribution in [2.24, 2.45) is 5.41 Å². The SMILES string of the molecule is COC(=O)C(NS(=O)(=O)N1CCCC1)C(C)(C)C. The van der Waals surface area contributed by atoms with Crippen LogP contribution in [0.2, 0.25) is 0 Å². The fourth-order valence-electron chi connectivity index (χ4n) is 1.85. The Balaban J connectivity index is 2.86. The van der Waals surface area contributed by atoms with Crippen LogP contribution < -0.4 is 4.72 Å². The highest BCUT2D eigenvalue weighted by atomic mass is 32.2. The summed E-state index contributed by atoms with van der Waals surface area (Å²) in [4.78, 5) is 11.7. The number of ether oxygens (including phenoxy) is 1. The van der Waals surface area contributed by atoms with Gasteiger partial charge in [-0.3, -0.25) is 4.79 Å². The summed E-state index contributed by atoms with van der Waals surface area (Å²) in [5, 5.41) is 0. The van der Waals surface area contributed by atoms with Gasteiger partial charge in [0.25, 0.3) is 10.2 Å². The average Bonchev–Trinajstić information content (AvgIpc) is 2.77. The van der Waals surface area contributed by atoms with Crippen molar-refractivity contribution in [1.29, 1.82) is 0 Å². The van der Waals surface area contributed by atoms with Gasteiger partial charge in [0.05, 0.1) is 7.11 Å². The third-order valence-electron chi connectivity index (χ3n) is 2.97. The van der Waals surface area contributed by atoms with Gasteiger partial charge >= 0.3 is 5.97 Å². The van der Waals surface area contributed by atoms with E-state index in [0.29, 0.717) is 13.1 Å². The maximum atomic E-state index is 12.1. The van der Waals surface area contributed by atoms with Crippen LogP contribution in [0.3, 0.4) is 0 Å². The maximum Gasteiger partial charge on any atom is 0.324 e. The number of rotatable bonds is 4. The Morgan fingerprint density at radius 1 is 1.28 bits per heavy atom. The molecule has 0 bridgehead atoms. The van der Waals surface area contributed by atoms with Crippen molar-refractivity contribution in [2.75, 3.05) is 20.2 Å². The Hall–Kier alpha value is -0.660. The maximum absolute atomic E-state index is 12.1. The summed E-state index contributed by atoms with van der Waals surface area (Å²) in [6.45, 7) is 6.39. The fraction of sp³-hybridized carbons (Fsp3) is 0.909. The highest BCUT2D eigenvalue weighted by molar-refractivity contribution is 7.87. The predicted octanol–water partition coefficient (Wildman–Crippen LogP) is 0.504. The summed E-state index contributed by atoms with van der Waals surface area (Å²) in [5.74, 6) is -0.565. The number of carbonyl (C=O) groups excluding carboxylic acids is 1. The van der Waals surface area contributed by atoms with Crippen molar-refractivity contribution >= 4 is 16.2 Å². The first-order valence-electron chi connectivity index (χ1n) is 6.04. The minimum atomic E-state index is -3.61. The highest BCUT2D eigenvalue weighted by Crippen LogP contribution is 2.22. The molecule has 18 heavy (non-hydrogen) atoms. The van der Waals surface area contributed by atoms with E-state index in [1.54, 1.807) is 20.8 Å². The Kier molecular flexibility index (Phi) is 4.74. The Labute approximate surface area is 109 Å². The van der Waals surface area contributed by atoms with Crippen molar-refractivity contribution in [3.8, 4) is 0 Å². The molecule has 0 aromatic heterocycles. The van der Waals surface area contributed by atoms with Gasteiger partial charge in [0.2, 0.25) is 0 Å². The number of nitrogens with one attached hydrogen (secondary N) is 1. The number of carbonyl (C=O) groups is 1. The molecule has 106 valence electrons. The lowest BCUT2D eigenvalue weighted by Crippen LogP contribution is -2.53. The van der Waals surface area contributed by atoms with Crippen molar-refractivity contribution in [3.05, 3.63) is 0 Å². The van der Waals surface area contributed by atoms with Crippen LogP contribution in [-0.4, -0.2) is 44.9 Å². The molecule has 0 radical (unpaired) electrons. The second kappa shape index (κ2) is 5.54. The summed E-state index contributed by atoms with van der Waals surface area (Å²) in [5.41, 5.74) is -0.542. The molecule has 1 aliphatic heterocycles. The largest absolute Gasteiger partial charge is 0.468 e. The first-order valence-corrected chi connectivity index (χ1v) is 7.48. The lowest BCUT2D eigenvalue weighted by Gasteiger charge is -2.30. The minimum absolute atomic E-state index is 0.507. The van der Waals surface area contributed by atoms with Crippen molar-refractivity contribution < 1.29 is 17.9 Å². The summed E-state index contributed by atoms with van der Waals surface area (Å²) >= 11 is 0. The molecule has 1 saturated heterocycles. The van der Waals surface area contributed by atoms with Crippen molar-refractivity contribution in [1.82, 2.24) is 9.03 Å². The van der Waals surface area contributed by atoms with E-state index in [9.17, 15) is 13.2 Å². The van der Waals surface area contributed by atoms with E-state index in [2.05, 4.69) is 9.46 Å². The molecule has 7 heteroatoms. The lowest BCUT2D eigenvalue weighted by molar-refractivity contribution is -0.145. The molecule has 0 spiro atoms. The van der Waals surface area contributed by atoms with Gasteiger partial charge in [0, 0.05) is 13.1 Å². The van der Waals surface area contributed by atoms with E-state index in [0.717, 1.165) is 12.8 Å². The van der Waals surface area contributed by atoms with E-state index in [1.165, 1.54) is 11.4 Å². The van der Waals surface area contributed by atoms with E-state index >= 15 is 0 Å². The van der Waals surface area contributed by atoms with E-state index in [4.69, 9.17) is 0 Å². The lowest BCUT2D eigenvalue weighted by atomic mass is 9.87. The first kappa shape index (κ1) is 15.4. The van der Waals surface area contributed by atoms with Gasteiger partial charge in [-0.2, -0.15) is 17.4 Å². The van der Waals surface area contributed by atoms with Gasteiger partial charge < -0.3 is 4.74 Å². The molecule has 6 nitrogen and oxygen atoms in total. The number of hydrogen-bond acceptors (Lipinski definition) is 4. The third kappa shape index (κ3) is 3.66. The molecular weight excluding hydrogens is 256 g/mol. The zero-order valence-electron chi connectivity index (χ0n) is 11.4. The van der Waals surface area contributed by atoms with Crippen LogP contribution in [0.4, 0.5) is 0 Å². The topological polar surface area (TPSA) is 75.7 Å². The second-order valence-electron chi connectivity index (χ2n) is 5.55. The Bertz CT molecular complexity index is 394. The van der Waals surface area contributed by atoms with Crippen molar-refractivity contribution in [2.45, 2.75) is 39.7 Å². The van der Waals surface area contributed by atoms with Gasteiger partial charge in [-0.1, -0.05) is 20.8 Å². The molecule has 0 saturated carbocycles. The van der Waals surface area contributed by atoms with Gasteiger partial charge in [0.15, 0.2) is 0 Å². The molecule has 0 aromatic rings. The van der Waals surface area contributed by atoms with Gasteiger partial charge in [-0.25, -0.2) is 0 Å².